The highest BCUT2D eigenvalue weighted by molar-refractivity contribution is 9.10. The molecule has 4 nitrogen and oxygen atoms in total. The summed E-state index contributed by atoms with van der Waals surface area (Å²) >= 11 is 4.76. The number of hydrogen-bond acceptors (Lipinski definition) is 4. The highest BCUT2D eigenvalue weighted by Crippen LogP contribution is 2.33. The molecule has 3 rings (SSSR count). The van der Waals surface area contributed by atoms with E-state index in [1.807, 2.05) is 24.3 Å². The summed E-state index contributed by atoms with van der Waals surface area (Å²) in [5.74, 6) is -0.953. The van der Waals surface area contributed by atoms with E-state index < -0.39 is 5.97 Å². The Labute approximate surface area is 133 Å². The van der Waals surface area contributed by atoms with Gasteiger partial charge in [0.05, 0.1) is 11.1 Å². The zero-order chi connectivity index (χ0) is 14.8. The molecule has 0 radical (unpaired) electrons. The van der Waals surface area contributed by atoms with Crippen LogP contribution in [0.3, 0.4) is 0 Å². The normalized spacial score (nSPS) is 10.7. The molecule has 0 unspecified atom stereocenters. The van der Waals surface area contributed by atoms with Crippen molar-refractivity contribution in [2.24, 2.45) is 0 Å². The number of carbonyl (C=O) groups is 1. The molecule has 0 bridgehead atoms. The van der Waals surface area contributed by atoms with E-state index in [9.17, 15) is 4.79 Å². The summed E-state index contributed by atoms with van der Waals surface area (Å²) in [5.41, 5.74) is 1.13. The van der Waals surface area contributed by atoms with Gasteiger partial charge < -0.3 is 5.11 Å². The minimum Gasteiger partial charge on any atom is -0.478 e. The summed E-state index contributed by atoms with van der Waals surface area (Å²) in [6.45, 7) is 0. The van der Waals surface area contributed by atoms with Gasteiger partial charge in [-0.2, -0.15) is 0 Å². The summed E-state index contributed by atoms with van der Waals surface area (Å²) in [6.07, 6.45) is 1.53. The van der Waals surface area contributed by atoms with Gasteiger partial charge in [-0.3, -0.25) is 0 Å². The van der Waals surface area contributed by atoms with Crippen molar-refractivity contribution in [3.63, 3.8) is 0 Å². The molecule has 0 aliphatic carbocycles. The summed E-state index contributed by atoms with van der Waals surface area (Å²) in [5, 5.41) is 10.8. The van der Waals surface area contributed by atoms with Gasteiger partial charge in [0.2, 0.25) is 0 Å². The van der Waals surface area contributed by atoms with E-state index in [-0.39, 0.29) is 5.56 Å². The molecule has 0 spiro atoms. The van der Waals surface area contributed by atoms with Gasteiger partial charge in [-0.25, -0.2) is 14.8 Å². The molecule has 1 heterocycles. The van der Waals surface area contributed by atoms with Gasteiger partial charge in [-0.15, -0.1) is 0 Å². The number of fused-ring (bicyclic) bond motifs is 1. The predicted molar refractivity (Wildman–Crippen MR) is 84.8 cm³/mol. The molecule has 1 N–H and O–H groups in total. The van der Waals surface area contributed by atoms with Crippen LogP contribution < -0.4 is 0 Å². The van der Waals surface area contributed by atoms with Gasteiger partial charge >= 0.3 is 5.97 Å². The number of para-hydroxylation sites is 1. The van der Waals surface area contributed by atoms with Crippen LogP contribution in [-0.4, -0.2) is 21.0 Å². The van der Waals surface area contributed by atoms with Crippen molar-refractivity contribution in [2.75, 3.05) is 0 Å². The first-order valence-corrected chi connectivity index (χ1v) is 7.66. The maximum absolute atomic E-state index is 11.0. The van der Waals surface area contributed by atoms with Crippen LogP contribution in [0.25, 0.3) is 10.9 Å². The molecule has 1 aromatic heterocycles. The van der Waals surface area contributed by atoms with Crippen molar-refractivity contribution in [1.29, 1.82) is 0 Å². The van der Waals surface area contributed by atoms with E-state index >= 15 is 0 Å². The van der Waals surface area contributed by atoms with Crippen LogP contribution in [0, 0.1) is 0 Å². The Hall–Kier alpha value is -1.92. The predicted octanol–water partition coefficient (Wildman–Crippen LogP) is 4.24. The van der Waals surface area contributed by atoms with Crippen LogP contribution in [0.15, 0.2) is 63.2 Å². The third kappa shape index (κ3) is 2.91. The van der Waals surface area contributed by atoms with Crippen LogP contribution in [0.2, 0.25) is 0 Å². The topological polar surface area (TPSA) is 63.1 Å². The quantitative estimate of drug-likeness (QED) is 0.707. The second-order valence-corrected chi connectivity index (χ2v) is 6.16. The monoisotopic (exact) mass is 360 g/mol. The van der Waals surface area contributed by atoms with E-state index in [2.05, 4.69) is 25.9 Å². The lowest BCUT2D eigenvalue weighted by atomic mass is 10.2. The maximum atomic E-state index is 11.0. The van der Waals surface area contributed by atoms with E-state index in [1.165, 1.54) is 18.1 Å². The van der Waals surface area contributed by atoms with Crippen LogP contribution in [-0.2, 0) is 0 Å². The number of hydrogen-bond donors (Lipinski definition) is 1. The lowest BCUT2D eigenvalue weighted by molar-refractivity contribution is 0.0696. The molecule has 0 atom stereocenters. The molecule has 6 heteroatoms. The Bertz CT molecular complexity index is 834. The minimum absolute atomic E-state index is 0.242. The van der Waals surface area contributed by atoms with Gasteiger partial charge in [-0.05, 0) is 40.2 Å². The van der Waals surface area contributed by atoms with E-state index in [0.29, 0.717) is 4.47 Å². The largest absolute Gasteiger partial charge is 0.478 e. The fourth-order valence-corrected chi connectivity index (χ4v) is 3.52. The second-order valence-electron chi connectivity index (χ2n) is 4.24. The average molecular weight is 361 g/mol. The van der Waals surface area contributed by atoms with E-state index in [4.69, 9.17) is 5.11 Å². The summed E-state index contributed by atoms with van der Waals surface area (Å²) in [7, 11) is 0. The molecule has 0 aliphatic rings. The van der Waals surface area contributed by atoms with E-state index in [1.54, 1.807) is 18.2 Å². The third-order valence-corrected chi connectivity index (χ3v) is 4.56. The fraction of sp³-hybridized carbons (Fsp3) is 0. The van der Waals surface area contributed by atoms with Crippen LogP contribution in [0.1, 0.15) is 10.4 Å². The fourth-order valence-electron chi connectivity index (χ4n) is 1.91. The van der Waals surface area contributed by atoms with Gasteiger partial charge in [0, 0.05) is 14.8 Å². The smallest absolute Gasteiger partial charge is 0.336 e. The number of nitrogens with zero attached hydrogens (tertiary/aromatic N) is 2. The van der Waals surface area contributed by atoms with Crippen molar-refractivity contribution in [1.82, 2.24) is 9.97 Å². The number of halogens is 1. The first-order chi connectivity index (χ1) is 10.1. The van der Waals surface area contributed by atoms with Crippen LogP contribution in [0.4, 0.5) is 0 Å². The molecular formula is C15H9BrN2O2S. The Balaban J connectivity index is 1.99. The zero-order valence-electron chi connectivity index (χ0n) is 10.7. The number of carboxylic acid groups (broad SMARTS) is 1. The molecule has 0 saturated carbocycles. The summed E-state index contributed by atoms with van der Waals surface area (Å²) in [4.78, 5) is 20.5. The number of carboxylic acids is 1. The van der Waals surface area contributed by atoms with Crippen molar-refractivity contribution < 1.29 is 9.90 Å². The first-order valence-electron chi connectivity index (χ1n) is 6.05. The van der Waals surface area contributed by atoms with Crippen molar-refractivity contribution in [3.8, 4) is 0 Å². The third-order valence-electron chi connectivity index (χ3n) is 2.89. The Morgan fingerprint density at radius 1 is 1.14 bits per heavy atom. The van der Waals surface area contributed by atoms with Crippen molar-refractivity contribution in [3.05, 3.63) is 58.8 Å². The summed E-state index contributed by atoms with van der Waals surface area (Å²) in [6, 6.07) is 12.9. The number of benzene rings is 2. The Kier molecular flexibility index (Phi) is 3.90. The Morgan fingerprint density at radius 3 is 2.71 bits per heavy atom. The van der Waals surface area contributed by atoms with Gasteiger partial charge in [0.1, 0.15) is 11.4 Å². The van der Waals surface area contributed by atoms with Gasteiger partial charge in [0.15, 0.2) is 0 Å². The zero-order valence-corrected chi connectivity index (χ0v) is 13.1. The molecule has 2 aromatic carbocycles. The molecule has 21 heavy (non-hydrogen) atoms. The molecule has 0 saturated heterocycles. The number of rotatable bonds is 3. The molecular weight excluding hydrogens is 352 g/mol. The molecule has 0 amide bonds. The first kappa shape index (κ1) is 14.0. The van der Waals surface area contributed by atoms with Crippen LogP contribution in [0.5, 0.6) is 0 Å². The highest BCUT2D eigenvalue weighted by atomic mass is 79.9. The van der Waals surface area contributed by atoms with E-state index in [0.717, 1.165) is 20.8 Å². The number of aromatic carboxylic acids is 1. The van der Waals surface area contributed by atoms with Crippen molar-refractivity contribution >= 4 is 44.6 Å². The molecule has 0 fully saturated rings. The molecule has 104 valence electrons. The summed E-state index contributed by atoms with van der Waals surface area (Å²) < 4.78 is 0.554. The Morgan fingerprint density at radius 2 is 1.95 bits per heavy atom. The maximum Gasteiger partial charge on any atom is 0.336 e. The van der Waals surface area contributed by atoms with Gasteiger partial charge in [-0.1, -0.05) is 30.0 Å². The standard InChI is InChI=1S/C15H9BrN2O2S/c16-12-7-9(5-6-10(12)15(19)20)21-14-11-3-1-2-4-13(11)17-8-18-14/h1-8H,(H,19,20). The molecule has 3 aromatic rings. The SMILES string of the molecule is O=C(O)c1ccc(Sc2ncnc3ccccc23)cc1Br. The van der Waals surface area contributed by atoms with Gasteiger partial charge in [0.25, 0.3) is 0 Å². The second kappa shape index (κ2) is 5.83. The molecule has 0 aliphatic heterocycles. The van der Waals surface area contributed by atoms with Crippen molar-refractivity contribution in [2.45, 2.75) is 9.92 Å². The highest BCUT2D eigenvalue weighted by Gasteiger charge is 2.10. The average Bonchev–Trinajstić information content (AvgIpc) is 2.47. The minimum atomic E-state index is -0.953. The van der Waals surface area contributed by atoms with Crippen LogP contribution >= 0.6 is 27.7 Å². The number of aromatic nitrogens is 2. The lowest BCUT2D eigenvalue weighted by Crippen LogP contribution is -1.97. The lowest BCUT2D eigenvalue weighted by Gasteiger charge is -2.06.